The van der Waals surface area contributed by atoms with Gasteiger partial charge in [0.05, 0.1) is 6.54 Å². The monoisotopic (exact) mass is 540 g/mol. The van der Waals surface area contributed by atoms with E-state index in [1.165, 1.54) is 6.07 Å². The average Bonchev–Trinajstić information content (AvgIpc) is 3.23. The van der Waals surface area contributed by atoms with Crippen molar-refractivity contribution >= 4 is 29.9 Å². The number of aliphatic imine (C=N–C) groups is 1. The molecular formula is C21H26FIN6O2. The van der Waals surface area contributed by atoms with Crippen molar-refractivity contribution in [3.05, 3.63) is 60.3 Å². The summed E-state index contributed by atoms with van der Waals surface area (Å²) in [6.07, 6.45) is 1.95. The van der Waals surface area contributed by atoms with E-state index in [0.717, 1.165) is 0 Å². The minimum absolute atomic E-state index is 0. The van der Waals surface area contributed by atoms with Crippen LogP contribution in [0.4, 0.5) is 4.39 Å². The number of halogens is 2. The van der Waals surface area contributed by atoms with Gasteiger partial charge in [-0.1, -0.05) is 23.4 Å². The number of para-hydroxylation sites is 1. The summed E-state index contributed by atoms with van der Waals surface area (Å²) in [6, 6.07) is 11.8. The lowest BCUT2D eigenvalue weighted by atomic mass is 10.3. The molecule has 0 saturated carbocycles. The van der Waals surface area contributed by atoms with Crippen molar-refractivity contribution in [3.63, 3.8) is 0 Å². The summed E-state index contributed by atoms with van der Waals surface area (Å²) in [5.41, 5.74) is 0.642. The molecule has 1 aromatic carbocycles. The number of aromatic nitrogens is 3. The van der Waals surface area contributed by atoms with Crippen LogP contribution < -0.4 is 15.4 Å². The van der Waals surface area contributed by atoms with Gasteiger partial charge in [0.15, 0.2) is 23.4 Å². The molecule has 31 heavy (non-hydrogen) atoms. The number of rotatable bonds is 9. The number of nitrogens with one attached hydrogen (secondary N) is 2. The lowest BCUT2D eigenvalue weighted by molar-refractivity contribution is 0.220. The summed E-state index contributed by atoms with van der Waals surface area (Å²) in [5, 5.41) is 10.4. The van der Waals surface area contributed by atoms with Crippen molar-refractivity contribution in [1.29, 1.82) is 0 Å². The van der Waals surface area contributed by atoms with Crippen molar-refractivity contribution in [3.8, 4) is 17.3 Å². The fraction of sp³-hybridized carbons (Fsp3) is 0.333. The Balaban J connectivity index is 0.00000341. The molecule has 0 aliphatic heterocycles. The van der Waals surface area contributed by atoms with Gasteiger partial charge >= 0.3 is 0 Å². The van der Waals surface area contributed by atoms with E-state index in [1.54, 1.807) is 24.4 Å². The number of ether oxygens (including phenoxy) is 1. The highest BCUT2D eigenvalue weighted by atomic mass is 127. The molecule has 0 spiro atoms. The van der Waals surface area contributed by atoms with Crippen molar-refractivity contribution in [1.82, 2.24) is 25.8 Å². The lowest BCUT2D eigenvalue weighted by Gasteiger charge is -2.15. The average molecular weight is 540 g/mol. The first-order valence-corrected chi connectivity index (χ1v) is 9.83. The number of pyridine rings is 1. The first-order chi connectivity index (χ1) is 14.7. The zero-order valence-corrected chi connectivity index (χ0v) is 19.7. The third-order valence-electron chi connectivity index (χ3n) is 4.01. The van der Waals surface area contributed by atoms with Crippen LogP contribution in [-0.4, -0.2) is 46.8 Å². The Kier molecular flexibility index (Phi) is 10.1. The summed E-state index contributed by atoms with van der Waals surface area (Å²) in [6.45, 7) is 5.47. The fourth-order valence-corrected chi connectivity index (χ4v) is 2.60. The SMILES string of the molecule is CCNC(=NCC(C)Oc1ccccc1F)NCCc1noc(-c2ccccn2)n1.I. The van der Waals surface area contributed by atoms with E-state index >= 15 is 0 Å². The van der Waals surface area contributed by atoms with Gasteiger partial charge in [0.1, 0.15) is 11.8 Å². The second-order valence-corrected chi connectivity index (χ2v) is 6.49. The van der Waals surface area contributed by atoms with Gasteiger partial charge in [-0.05, 0) is 38.1 Å². The largest absolute Gasteiger partial charge is 0.486 e. The number of benzene rings is 1. The van der Waals surface area contributed by atoms with Crippen LogP contribution in [0.2, 0.25) is 0 Å². The van der Waals surface area contributed by atoms with Crippen molar-refractivity contribution in [2.45, 2.75) is 26.4 Å². The number of nitrogens with zero attached hydrogens (tertiary/aromatic N) is 4. The third kappa shape index (κ3) is 7.78. The van der Waals surface area contributed by atoms with Crippen LogP contribution in [0, 0.1) is 5.82 Å². The zero-order valence-electron chi connectivity index (χ0n) is 17.4. The quantitative estimate of drug-likeness (QED) is 0.244. The number of guanidine groups is 1. The van der Waals surface area contributed by atoms with Crippen molar-refractivity contribution < 1.29 is 13.7 Å². The van der Waals surface area contributed by atoms with Gasteiger partial charge in [-0.2, -0.15) is 4.98 Å². The molecule has 166 valence electrons. The highest BCUT2D eigenvalue weighted by molar-refractivity contribution is 14.0. The molecule has 0 saturated heterocycles. The molecular weight excluding hydrogens is 514 g/mol. The van der Waals surface area contributed by atoms with Gasteiger partial charge in [0, 0.05) is 25.7 Å². The number of hydrogen-bond donors (Lipinski definition) is 2. The molecule has 2 aromatic heterocycles. The van der Waals surface area contributed by atoms with E-state index in [2.05, 4.69) is 30.8 Å². The molecule has 0 aliphatic carbocycles. The first kappa shape index (κ1) is 24.5. The fourth-order valence-electron chi connectivity index (χ4n) is 2.60. The van der Waals surface area contributed by atoms with Crippen LogP contribution in [0.5, 0.6) is 5.75 Å². The third-order valence-corrected chi connectivity index (χ3v) is 4.01. The molecule has 0 bridgehead atoms. The van der Waals surface area contributed by atoms with Crippen LogP contribution >= 0.6 is 24.0 Å². The smallest absolute Gasteiger partial charge is 0.276 e. The van der Waals surface area contributed by atoms with E-state index in [1.807, 2.05) is 32.0 Å². The molecule has 0 amide bonds. The molecule has 10 heteroatoms. The van der Waals surface area contributed by atoms with Crippen LogP contribution in [0.25, 0.3) is 11.6 Å². The molecule has 2 N–H and O–H groups in total. The van der Waals surface area contributed by atoms with Gasteiger partial charge in [-0.25, -0.2) is 9.38 Å². The lowest BCUT2D eigenvalue weighted by Crippen LogP contribution is -2.39. The minimum Gasteiger partial charge on any atom is -0.486 e. The van der Waals surface area contributed by atoms with Gasteiger partial charge in [-0.3, -0.25) is 4.98 Å². The second kappa shape index (κ2) is 12.8. The highest BCUT2D eigenvalue weighted by Crippen LogP contribution is 2.17. The summed E-state index contributed by atoms with van der Waals surface area (Å²) >= 11 is 0. The Morgan fingerprint density at radius 2 is 2.00 bits per heavy atom. The van der Waals surface area contributed by atoms with Gasteiger partial charge in [0.25, 0.3) is 5.89 Å². The molecule has 2 heterocycles. The van der Waals surface area contributed by atoms with Crippen LogP contribution in [0.15, 0.2) is 58.2 Å². The molecule has 1 atom stereocenters. The summed E-state index contributed by atoms with van der Waals surface area (Å²) < 4.78 is 24.6. The molecule has 1 unspecified atom stereocenters. The van der Waals surface area contributed by atoms with Crippen LogP contribution in [0.1, 0.15) is 19.7 Å². The molecule has 3 rings (SSSR count). The van der Waals surface area contributed by atoms with E-state index < -0.39 is 0 Å². The highest BCUT2D eigenvalue weighted by Gasteiger charge is 2.10. The standard InChI is InChI=1S/C21H25FN6O2.HI/c1-3-23-21(26-14-15(2)29-18-10-5-4-8-16(18)22)25-13-11-19-27-20(30-28-19)17-9-6-7-12-24-17;/h4-10,12,15H,3,11,13-14H2,1-2H3,(H2,23,25,26);1H. The molecule has 0 radical (unpaired) electrons. The Morgan fingerprint density at radius 3 is 2.74 bits per heavy atom. The van der Waals surface area contributed by atoms with E-state index in [4.69, 9.17) is 9.26 Å². The molecule has 8 nitrogen and oxygen atoms in total. The predicted molar refractivity (Wildman–Crippen MR) is 127 cm³/mol. The maximum atomic E-state index is 13.7. The maximum absolute atomic E-state index is 13.7. The molecule has 3 aromatic rings. The van der Waals surface area contributed by atoms with Gasteiger partial charge < -0.3 is 19.9 Å². The topological polar surface area (TPSA) is 97.5 Å². The number of hydrogen-bond acceptors (Lipinski definition) is 6. The van der Waals surface area contributed by atoms with E-state index in [-0.39, 0.29) is 41.6 Å². The van der Waals surface area contributed by atoms with Crippen molar-refractivity contribution in [2.24, 2.45) is 4.99 Å². The Hall–Kier alpha value is -2.76. The maximum Gasteiger partial charge on any atom is 0.276 e. The van der Waals surface area contributed by atoms with Crippen LogP contribution in [-0.2, 0) is 6.42 Å². The Labute approximate surface area is 197 Å². The van der Waals surface area contributed by atoms with E-state index in [9.17, 15) is 4.39 Å². The molecule has 0 fully saturated rings. The van der Waals surface area contributed by atoms with Crippen molar-refractivity contribution in [2.75, 3.05) is 19.6 Å². The normalized spacial score (nSPS) is 12.0. The summed E-state index contributed by atoms with van der Waals surface area (Å²) in [7, 11) is 0. The predicted octanol–water partition coefficient (Wildman–Crippen LogP) is 3.45. The van der Waals surface area contributed by atoms with Gasteiger partial charge in [-0.15, -0.1) is 24.0 Å². The summed E-state index contributed by atoms with van der Waals surface area (Å²) in [5.74, 6) is 1.44. The van der Waals surface area contributed by atoms with Gasteiger partial charge in [0.2, 0.25) is 0 Å². The molecule has 0 aliphatic rings. The minimum atomic E-state index is -0.386. The second-order valence-electron chi connectivity index (χ2n) is 6.49. The first-order valence-electron chi connectivity index (χ1n) is 9.83. The van der Waals surface area contributed by atoms with Crippen LogP contribution in [0.3, 0.4) is 0 Å². The Morgan fingerprint density at radius 1 is 1.19 bits per heavy atom. The zero-order chi connectivity index (χ0) is 21.2. The Bertz CT molecular complexity index is 954. The van der Waals surface area contributed by atoms with E-state index in [0.29, 0.717) is 49.4 Å². The summed E-state index contributed by atoms with van der Waals surface area (Å²) in [4.78, 5) is 13.0.